The molecule has 2 N–H and O–H groups in total. The van der Waals surface area contributed by atoms with Crippen LogP contribution in [0, 0.1) is 20.8 Å². The summed E-state index contributed by atoms with van der Waals surface area (Å²) in [6.07, 6.45) is -0.133. The Hall–Kier alpha value is -2.23. The molecule has 0 aliphatic carbocycles. The van der Waals surface area contributed by atoms with Gasteiger partial charge in [0, 0.05) is 16.7 Å². The summed E-state index contributed by atoms with van der Waals surface area (Å²) in [4.78, 5) is 0. The van der Waals surface area contributed by atoms with E-state index in [9.17, 15) is 14.6 Å². The van der Waals surface area contributed by atoms with Crippen LogP contribution in [0.3, 0.4) is 0 Å². The maximum Gasteiger partial charge on any atom is 0.167 e. The molecule has 0 saturated carbocycles. The van der Waals surface area contributed by atoms with Gasteiger partial charge in [-0.25, -0.2) is 4.39 Å². The molecular formula is C20H25FO3. The minimum absolute atomic E-state index is 0.0768. The van der Waals surface area contributed by atoms with E-state index in [1.54, 1.807) is 19.1 Å². The Morgan fingerprint density at radius 2 is 1.79 bits per heavy atom. The lowest BCUT2D eigenvalue weighted by atomic mass is 9.90. The van der Waals surface area contributed by atoms with E-state index < -0.39 is 6.17 Å². The summed E-state index contributed by atoms with van der Waals surface area (Å²) >= 11 is 0. The average molecular weight is 332 g/mol. The molecule has 130 valence electrons. The summed E-state index contributed by atoms with van der Waals surface area (Å²) in [7, 11) is 1.42. The predicted molar refractivity (Wildman–Crippen MR) is 94.7 cm³/mol. The Morgan fingerprint density at radius 3 is 2.38 bits per heavy atom. The maximum atomic E-state index is 14.5. The molecule has 1 unspecified atom stereocenters. The number of hydrogen-bond acceptors (Lipinski definition) is 3. The van der Waals surface area contributed by atoms with E-state index in [1.807, 2.05) is 26.8 Å². The lowest BCUT2D eigenvalue weighted by molar-refractivity contribution is 0.297. The van der Waals surface area contributed by atoms with Gasteiger partial charge >= 0.3 is 0 Å². The Labute approximate surface area is 142 Å². The predicted octanol–water partition coefficient (Wildman–Crippen LogP) is 5.51. The van der Waals surface area contributed by atoms with Crippen LogP contribution in [0.15, 0.2) is 18.2 Å². The molecule has 0 aliphatic rings. The molecule has 24 heavy (non-hydrogen) atoms. The molecule has 4 heteroatoms. The highest BCUT2D eigenvalue weighted by molar-refractivity contribution is 5.82. The first-order chi connectivity index (χ1) is 11.3. The number of halogens is 1. The van der Waals surface area contributed by atoms with Gasteiger partial charge in [0.1, 0.15) is 11.9 Å². The van der Waals surface area contributed by atoms with Gasteiger partial charge in [0.05, 0.1) is 7.11 Å². The van der Waals surface area contributed by atoms with E-state index in [2.05, 4.69) is 0 Å². The number of aromatic hydroxyl groups is 2. The topological polar surface area (TPSA) is 49.7 Å². The zero-order valence-corrected chi connectivity index (χ0v) is 14.9. The fourth-order valence-electron chi connectivity index (χ4n) is 3.12. The second-order valence-electron chi connectivity index (χ2n) is 6.19. The smallest absolute Gasteiger partial charge is 0.167 e. The summed E-state index contributed by atoms with van der Waals surface area (Å²) in [5.74, 6) is 0.0834. The third-order valence-corrected chi connectivity index (χ3v) is 4.54. The SMILES string of the molecule is CCCC(F)c1c(C)cc(-c2c(O)ccc(C)c2C)c(O)c1OC. The molecule has 1 atom stereocenters. The van der Waals surface area contributed by atoms with E-state index in [0.29, 0.717) is 35.1 Å². The van der Waals surface area contributed by atoms with E-state index in [-0.39, 0.29) is 17.2 Å². The number of rotatable bonds is 5. The summed E-state index contributed by atoms with van der Waals surface area (Å²) in [6.45, 7) is 7.53. The zero-order chi connectivity index (χ0) is 18.0. The number of aryl methyl sites for hydroxylation is 2. The van der Waals surface area contributed by atoms with Crippen molar-refractivity contribution in [3.63, 3.8) is 0 Å². The summed E-state index contributed by atoms with van der Waals surface area (Å²) < 4.78 is 19.9. The molecule has 0 saturated heterocycles. The molecule has 2 aromatic rings. The van der Waals surface area contributed by atoms with Gasteiger partial charge in [0.15, 0.2) is 11.5 Å². The van der Waals surface area contributed by atoms with Crippen LogP contribution in [0.2, 0.25) is 0 Å². The summed E-state index contributed by atoms with van der Waals surface area (Å²) in [6, 6.07) is 5.14. The van der Waals surface area contributed by atoms with E-state index in [0.717, 1.165) is 11.1 Å². The van der Waals surface area contributed by atoms with E-state index in [4.69, 9.17) is 4.74 Å². The van der Waals surface area contributed by atoms with E-state index in [1.165, 1.54) is 7.11 Å². The van der Waals surface area contributed by atoms with Gasteiger partial charge < -0.3 is 14.9 Å². The normalized spacial score (nSPS) is 12.2. The Balaban J connectivity index is 2.76. The zero-order valence-electron chi connectivity index (χ0n) is 14.9. The first kappa shape index (κ1) is 18.1. The van der Waals surface area contributed by atoms with Crippen molar-refractivity contribution in [1.82, 2.24) is 0 Å². The highest BCUT2D eigenvalue weighted by Crippen LogP contribution is 2.48. The molecule has 0 aliphatic heterocycles. The molecule has 0 amide bonds. The van der Waals surface area contributed by atoms with Crippen LogP contribution < -0.4 is 4.74 Å². The Morgan fingerprint density at radius 1 is 1.12 bits per heavy atom. The second-order valence-corrected chi connectivity index (χ2v) is 6.19. The van der Waals surface area contributed by atoms with Crippen molar-refractivity contribution in [2.24, 2.45) is 0 Å². The molecule has 0 heterocycles. The molecule has 3 nitrogen and oxygen atoms in total. The van der Waals surface area contributed by atoms with Gasteiger partial charge in [-0.2, -0.15) is 0 Å². The number of benzene rings is 2. The van der Waals surface area contributed by atoms with Crippen LogP contribution in [0.25, 0.3) is 11.1 Å². The van der Waals surface area contributed by atoms with Crippen molar-refractivity contribution in [3.8, 4) is 28.4 Å². The third-order valence-electron chi connectivity index (χ3n) is 4.54. The first-order valence-corrected chi connectivity index (χ1v) is 8.17. The summed E-state index contributed by atoms with van der Waals surface area (Å²) in [5.41, 5.74) is 3.94. The molecule has 2 rings (SSSR count). The van der Waals surface area contributed by atoms with Crippen LogP contribution in [-0.2, 0) is 0 Å². The number of phenolic OH excluding ortho intramolecular Hbond substituents is 2. The van der Waals surface area contributed by atoms with E-state index >= 15 is 0 Å². The maximum absolute atomic E-state index is 14.5. The minimum atomic E-state index is -1.20. The highest BCUT2D eigenvalue weighted by atomic mass is 19.1. The van der Waals surface area contributed by atoms with Gasteiger partial charge in [0.2, 0.25) is 0 Å². The quantitative estimate of drug-likeness (QED) is 0.759. The third kappa shape index (κ3) is 3.05. The molecule has 0 bridgehead atoms. The van der Waals surface area contributed by atoms with Crippen molar-refractivity contribution in [2.45, 2.75) is 46.7 Å². The minimum Gasteiger partial charge on any atom is -0.507 e. The molecule has 0 aromatic heterocycles. The lowest BCUT2D eigenvalue weighted by Gasteiger charge is -2.20. The highest BCUT2D eigenvalue weighted by Gasteiger charge is 2.25. The number of phenols is 2. The number of alkyl halides is 1. The van der Waals surface area contributed by atoms with Crippen LogP contribution in [0.4, 0.5) is 4.39 Å². The average Bonchev–Trinajstić information content (AvgIpc) is 2.53. The first-order valence-electron chi connectivity index (χ1n) is 8.17. The monoisotopic (exact) mass is 332 g/mol. The fourth-order valence-corrected chi connectivity index (χ4v) is 3.12. The molecule has 0 fully saturated rings. The molecular weight excluding hydrogens is 307 g/mol. The lowest BCUT2D eigenvalue weighted by Crippen LogP contribution is -2.02. The van der Waals surface area contributed by atoms with Crippen LogP contribution in [0.5, 0.6) is 17.2 Å². The van der Waals surface area contributed by atoms with Crippen molar-refractivity contribution >= 4 is 0 Å². The van der Waals surface area contributed by atoms with Crippen LogP contribution in [0.1, 0.15) is 48.2 Å². The van der Waals surface area contributed by atoms with Crippen molar-refractivity contribution in [2.75, 3.05) is 7.11 Å². The van der Waals surface area contributed by atoms with Crippen molar-refractivity contribution in [1.29, 1.82) is 0 Å². The summed E-state index contributed by atoms with van der Waals surface area (Å²) in [5, 5.41) is 21.0. The van der Waals surface area contributed by atoms with Gasteiger partial charge in [-0.05, 0) is 56.0 Å². The van der Waals surface area contributed by atoms with Crippen molar-refractivity contribution in [3.05, 3.63) is 40.5 Å². The number of hydrogen-bond donors (Lipinski definition) is 2. The van der Waals surface area contributed by atoms with Crippen molar-refractivity contribution < 1.29 is 19.3 Å². The largest absolute Gasteiger partial charge is 0.507 e. The standard InChI is InChI=1S/C20H25FO3/c1-6-7-15(21)17-12(3)10-14(19(23)20(17)24-5)18-13(4)11(2)8-9-16(18)22/h8-10,15,22-23H,6-7H2,1-5H3. The van der Waals surface area contributed by atoms with Crippen LogP contribution in [-0.4, -0.2) is 17.3 Å². The number of methoxy groups -OCH3 is 1. The Kier molecular flexibility index (Phi) is 5.37. The Bertz CT molecular complexity index is 753. The van der Waals surface area contributed by atoms with Gasteiger partial charge in [-0.15, -0.1) is 0 Å². The number of ether oxygens (including phenoxy) is 1. The van der Waals surface area contributed by atoms with Gasteiger partial charge in [0.25, 0.3) is 0 Å². The van der Waals surface area contributed by atoms with Gasteiger partial charge in [-0.3, -0.25) is 0 Å². The van der Waals surface area contributed by atoms with Gasteiger partial charge in [-0.1, -0.05) is 19.4 Å². The second kappa shape index (κ2) is 7.12. The molecule has 0 spiro atoms. The molecule has 2 aromatic carbocycles. The van der Waals surface area contributed by atoms with Crippen LogP contribution >= 0.6 is 0 Å². The fraction of sp³-hybridized carbons (Fsp3) is 0.400. The molecule has 0 radical (unpaired) electrons.